The molecule has 1 atom stereocenters. The van der Waals surface area contributed by atoms with Gasteiger partial charge in [-0.3, -0.25) is 5.32 Å². The average Bonchev–Trinajstić information content (AvgIpc) is 2.46. The number of methoxy groups -OCH3 is 1. The molecule has 0 radical (unpaired) electrons. The number of ether oxygens (including phenoxy) is 1. The molecule has 0 aromatic heterocycles. The lowest BCUT2D eigenvalue weighted by atomic mass is 9.94. The molecule has 98 valence electrons. The molecule has 0 bridgehead atoms. The van der Waals surface area contributed by atoms with Crippen molar-refractivity contribution in [2.45, 2.75) is 44.2 Å². The monoisotopic (exact) mass is 247 g/mol. The fourth-order valence-electron chi connectivity index (χ4n) is 2.57. The van der Waals surface area contributed by atoms with E-state index in [0.717, 1.165) is 18.4 Å². The summed E-state index contributed by atoms with van der Waals surface area (Å²) >= 11 is 0. The third-order valence-electron chi connectivity index (χ3n) is 3.58. The molecule has 0 saturated heterocycles. The fourth-order valence-corrected chi connectivity index (χ4v) is 2.57. The van der Waals surface area contributed by atoms with E-state index >= 15 is 0 Å². The highest BCUT2D eigenvalue weighted by Crippen LogP contribution is 2.22. The minimum Gasteiger partial charge on any atom is -0.468 e. The van der Waals surface area contributed by atoms with Gasteiger partial charge < -0.3 is 4.74 Å². The van der Waals surface area contributed by atoms with Crippen LogP contribution >= 0.6 is 0 Å². The van der Waals surface area contributed by atoms with Crippen molar-refractivity contribution < 1.29 is 9.53 Å². The van der Waals surface area contributed by atoms with Crippen LogP contribution in [0.5, 0.6) is 0 Å². The van der Waals surface area contributed by atoms with Gasteiger partial charge in [0.2, 0.25) is 0 Å². The molecule has 1 fully saturated rings. The smallest absolute Gasteiger partial charge is 0.327 e. The third kappa shape index (κ3) is 3.33. The molecular weight excluding hydrogens is 226 g/mol. The molecule has 0 aliphatic heterocycles. The number of nitrogens with one attached hydrogen (secondary N) is 1. The molecule has 3 nitrogen and oxygen atoms in total. The van der Waals surface area contributed by atoms with Gasteiger partial charge in [-0.05, 0) is 18.4 Å². The number of rotatable bonds is 4. The first-order valence-electron chi connectivity index (χ1n) is 6.70. The highest BCUT2D eigenvalue weighted by atomic mass is 16.5. The summed E-state index contributed by atoms with van der Waals surface area (Å²) in [5.74, 6) is -0.202. The van der Waals surface area contributed by atoms with E-state index in [4.69, 9.17) is 4.74 Å². The van der Waals surface area contributed by atoms with Crippen molar-refractivity contribution in [3.05, 3.63) is 35.9 Å². The Morgan fingerprint density at radius 2 is 1.89 bits per heavy atom. The zero-order valence-electron chi connectivity index (χ0n) is 10.9. The van der Waals surface area contributed by atoms with E-state index in [2.05, 4.69) is 5.32 Å². The number of esters is 1. The van der Waals surface area contributed by atoms with Gasteiger partial charge >= 0.3 is 5.97 Å². The summed E-state index contributed by atoms with van der Waals surface area (Å²) < 4.78 is 4.91. The summed E-state index contributed by atoms with van der Waals surface area (Å²) in [6.45, 7) is 0. The fraction of sp³-hybridized carbons (Fsp3) is 0.533. The molecule has 1 unspecified atom stereocenters. The lowest BCUT2D eigenvalue weighted by Gasteiger charge is -2.27. The minimum atomic E-state index is -0.334. The van der Waals surface area contributed by atoms with Crippen LogP contribution < -0.4 is 5.32 Å². The van der Waals surface area contributed by atoms with Gasteiger partial charge in [-0.25, -0.2) is 4.79 Å². The van der Waals surface area contributed by atoms with Crippen LogP contribution in [-0.2, 0) is 9.53 Å². The van der Waals surface area contributed by atoms with E-state index in [9.17, 15) is 4.79 Å². The van der Waals surface area contributed by atoms with E-state index in [1.807, 2.05) is 30.3 Å². The number of carbonyl (C=O) groups is 1. The van der Waals surface area contributed by atoms with Gasteiger partial charge in [-0.1, -0.05) is 49.6 Å². The quantitative estimate of drug-likeness (QED) is 0.831. The Bertz CT molecular complexity index is 371. The molecule has 3 heteroatoms. The number of hydrogen-bond acceptors (Lipinski definition) is 3. The molecule has 1 aromatic carbocycles. The van der Waals surface area contributed by atoms with Gasteiger partial charge in [0.15, 0.2) is 0 Å². The zero-order valence-corrected chi connectivity index (χ0v) is 10.9. The van der Waals surface area contributed by atoms with E-state index in [-0.39, 0.29) is 12.0 Å². The number of benzene rings is 1. The topological polar surface area (TPSA) is 38.3 Å². The first kappa shape index (κ1) is 13.1. The predicted octanol–water partition coefficient (Wildman–Crippen LogP) is 2.82. The SMILES string of the molecule is COC(=O)C(NC1CCCCC1)c1ccccc1. The summed E-state index contributed by atoms with van der Waals surface area (Å²) in [5.41, 5.74) is 0.981. The summed E-state index contributed by atoms with van der Waals surface area (Å²) in [5, 5.41) is 3.45. The van der Waals surface area contributed by atoms with Gasteiger partial charge in [0, 0.05) is 6.04 Å². The van der Waals surface area contributed by atoms with Crippen LogP contribution in [0.15, 0.2) is 30.3 Å². The highest BCUT2D eigenvalue weighted by molar-refractivity contribution is 5.77. The van der Waals surface area contributed by atoms with Crippen LogP contribution in [0.25, 0.3) is 0 Å². The number of carbonyl (C=O) groups excluding carboxylic acids is 1. The lowest BCUT2D eigenvalue weighted by molar-refractivity contribution is -0.143. The Morgan fingerprint density at radius 3 is 2.50 bits per heavy atom. The van der Waals surface area contributed by atoms with Crippen LogP contribution in [-0.4, -0.2) is 19.1 Å². The standard InChI is InChI=1S/C15H21NO2/c1-18-15(17)14(12-8-4-2-5-9-12)16-13-10-6-3-7-11-13/h2,4-5,8-9,13-14,16H,3,6-7,10-11H2,1H3. The summed E-state index contributed by atoms with van der Waals surface area (Å²) in [6, 6.07) is 9.90. The van der Waals surface area contributed by atoms with Crippen molar-refractivity contribution >= 4 is 5.97 Å². The van der Waals surface area contributed by atoms with Gasteiger partial charge in [0.05, 0.1) is 7.11 Å². The van der Waals surface area contributed by atoms with E-state index in [0.29, 0.717) is 6.04 Å². The zero-order chi connectivity index (χ0) is 12.8. The van der Waals surface area contributed by atoms with Crippen molar-refractivity contribution in [1.29, 1.82) is 0 Å². The van der Waals surface area contributed by atoms with E-state index < -0.39 is 0 Å². The maximum atomic E-state index is 11.9. The van der Waals surface area contributed by atoms with Crippen LogP contribution in [0, 0.1) is 0 Å². The number of hydrogen-bond donors (Lipinski definition) is 1. The predicted molar refractivity (Wildman–Crippen MR) is 71.2 cm³/mol. The van der Waals surface area contributed by atoms with Crippen molar-refractivity contribution in [3.63, 3.8) is 0 Å². The lowest BCUT2D eigenvalue weighted by Crippen LogP contribution is -2.38. The van der Waals surface area contributed by atoms with E-state index in [1.54, 1.807) is 0 Å². The van der Waals surface area contributed by atoms with E-state index in [1.165, 1.54) is 26.4 Å². The Hall–Kier alpha value is -1.35. The largest absolute Gasteiger partial charge is 0.468 e. The van der Waals surface area contributed by atoms with Crippen molar-refractivity contribution in [1.82, 2.24) is 5.32 Å². The second-order valence-electron chi connectivity index (χ2n) is 4.87. The highest BCUT2D eigenvalue weighted by Gasteiger charge is 2.25. The van der Waals surface area contributed by atoms with Crippen molar-refractivity contribution in [3.8, 4) is 0 Å². The van der Waals surface area contributed by atoms with Gasteiger partial charge in [0.1, 0.15) is 6.04 Å². The Morgan fingerprint density at radius 1 is 1.22 bits per heavy atom. The normalized spacial score (nSPS) is 18.3. The second kappa shape index (κ2) is 6.55. The van der Waals surface area contributed by atoms with Crippen molar-refractivity contribution in [2.24, 2.45) is 0 Å². The molecule has 2 rings (SSSR count). The minimum absolute atomic E-state index is 0.202. The van der Waals surface area contributed by atoms with Crippen LogP contribution in [0.3, 0.4) is 0 Å². The molecule has 18 heavy (non-hydrogen) atoms. The average molecular weight is 247 g/mol. The summed E-state index contributed by atoms with van der Waals surface area (Å²) in [4.78, 5) is 11.9. The second-order valence-corrected chi connectivity index (χ2v) is 4.87. The molecule has 1 aliphatic carbocycles. The Kier molecular flexibility index (Phi) is 4.76. The van der Waals surface area contributed by atoms with Crippen LogP contribution in [0.4, 0.5) is 0 Å². The van der Waals surface area contributed by atoms with Gasteiger partial charge in [-0.2, -0.15) is 0 Å². The molecule has 1 N–H and O–H groups in total. The van der Waals surface area contributed by atoms with Crippen LogP contribution in [0.2, 0.25) is 0 Å². The first-order chi connectivity index (χ1) is 8.81. The van der Waals surface area contributed by atoms with Crippen LogP contribution in [0.1, 0.15) is 43.7 Å². The van der Waals surface area contributed by atoms with Gasteiger partial charge in [0.25, 0.3) is 0 Å². The molecular formula is C15H21NO2. The molecule has 0 spiro atoms. The molecule has 1 aliphatic rings. The summed E-state index contributed by atoms with van der Waals surface area (Å²) in [6.07, 6.45) is 6.12. The maximum Gasteiger partial charge on any atom is 0.327 e. The summed E-state index contributed by atoms with van der Waals surface area (Å²) in [7, 11) is 1.45. The first-order valence-corrected chi connectivity index (χ1v) is 6.70. The maximum absolute atomic E-state index is 11.9. The Labute approximate surface area is 109 Å². The molecule has 1 aromatic rings. The Balaban J connectivity index is 2.07. The molecule has 0 amide bonds. The van der Waals surface area contributed by atoms with Gasteiger partial charge in [-0.15, -0.1) is 0 Å². The third-order valence-corrected chi connectivity index (χ3v) is 3.58. The molecule has 1 saturated carbocycles. The van der Waals surface area contributed by atoms with Crippen molar-refractivity contribution in [2.75, 3.05) is 7.11 Å². The molecule has 0 heterocycles.